The second-order valence-corrected chi connectivity index (χ2v) is 6.33. The van der Waals surface area contributed by atoms with Crippen molar-refractivity contribution in [1.29, 1.82) is 0 Å². The van der Waals surface area contributed by atoms with E-state index in [-0.39, 0.29) is 11.4 Å². The molecule has 2 aromatic rings. The van der Waals surface area contributed by atoms with Crippen LogP contribution < -0.4 is 9.46 Å². The van der Waals surface area contributed by atoms with E-state index in [9.17, 15) is 8.42 Å². The molecule has 0 spiro atoms. The Balaban J connectivity index is 1.84. The molecule has 4 nitrogen and oxygen atoms in total. The van der Waals surface area contributed by atoms with Crippen LogP contribution in [0.2, 0.25) is 0 Å². The van der Waals surface area contributed by atoms with Crippen molar-refractivity contribution < 1.29 is 13.2 Å². The Kier molecular flexibility index (Phi) is 5.36. The monoisotopic (exact) mass is 305 g/mol. The van der Waals surface area contributed by atoms with E-state index in [1.807, 2.05) is 24.3 Å². The van der Waals surface area contributed by atoms with Crippen molar-refractivity contribution in [2.75, 3.05) is 13.2 Å². The molecule has 112 valence electrons. The molecule has 0 bridgehead atoms. The van der Waals surface area contributed by atoms with Gasteiger partial charge >= 0.3 is 0 Å². The molecule has 0 aromatic heterocycles. The summed E-state index contributed by atoms with van der Waals surface area (Å²) >= 11 is 0. The molecule has 1 N–H and O–H groups in total. The first-order chi connectivity index (χ1) is 10.1. The third-order valence-corrected chi connectivity index (χ3v) is 4.50. The third kappa shape index (κ3) is 4.58. The number of nitrogens with one attached hydrogen (secondary N) is 1. The van der Waals surface area contributed by atoms with Crippen molar-refractivity contribution in [3.05, 3.63) is 60.2 Å². The van der Waals surface area contributed by atoms with Crippen molar-refractivity contribution in [3.63, 3.8) is 0 Å². The number of rotatable bonds is 7. The van der Waals surface area contributed by atoms with Gasteiger partial charge in [-0.1, -0.05) is 37.3 Å². The number of ether oxygens (including phenoxy) is 1. The Bertz CT molecular complexity index is 669. The number of aryl methyl sites for hydroxylation is 1. The van der Waals surface area contributed by atoms with Gasteiger partial charge in [0, 0.05) is 6.54 Å². The van der Waals surface area contributed by atoms with Crippen LogP contribution in [0.5, 0.6) is 5.75 Å². The largest absolute Gasteiger partial charge is 0.492 e. The first-order valence-electron chi connectivity index (χ1n) is 6.88. The van der Waals surface area contributed by atoms with Crippen molar-refractivity contribution in [3.8, 4) is 5.75 Å². The lowest BCUT2D eigenvalue weighted by molar-refractivity contribution is 0.322. The fraction of sp³-hybridized carbons (Fsp3) is 0.250. The van der Waals surface area contributed by atoms with Gasteiger partial charge < -0.3 is 4.74 Å². The molecule has 0 aliphatic rings. The summed E-state index contributed by atoms with van der Waals surface area (Å²) in [6, 6.07) is 16.1. The molecule has 2 aromatic carbocycles. The van der Waals surface area contributed by atoms with Crippen molar-refractivity contribution in [2.24, 2.45) is 0 Å². The molecule has 21 heavy (non-hydrogen) atoms. The molecule has 0 heterocycles. The zero-order chi connectivity index (χ0) is 15.1. The van der Waals surface area contributed by atoms with Gasteiger partial charge in [0.25, 0.3) is 0 Å². The maximum Gasteiger partial charge on any atom is 0.240 e. The predicted octanol–water partition coefficient (Wildman–Crippen LogP) is 2.61. The summed E-state index contributed by atoms with van der Waals surface area (Å²) in [5.41, 5.74) is 1.19. The van der Waals surface area contributed by atoms with E-state index >= 15 is 0 Å². The molecule has 2 rings (SSSR count). The van der Waals surface area contributed by atoms with E-state index in [0.29, 0.717) is 6.61 Å². The Morgan fingerprint density at radius 1 is 1.05 bits per heavy atom. The first-order valence-corrected chi connectivity index (χ1v) is 8.36. The normalized spacial score (nSPS) is 11.3. The quantitative estimate of drug-likeness (QED) is 0.800. The fourth-order valence-electron chi connectivity index (χ4n) is 1.88. The van der Waals surface area contributed by atoms with Crippen LogP contribution in [0.3, 0.4) is 0 Å². The molecule has 0 unspecified atom stereocenters. The third-order valence-electron chi connectivity index (χ3n) is 3.02. The van der Waals surface area contributed by atoms with Crippen LogP contribution >= 0.6 is 0 Å². The van der Waals surface area contributed by atoms with Gasteiger partial charge in [-0.15, -0.1) is 0 Å². The average Bonchev–Trinajstić information content (AvgIpc) is 2.53. The van der Waals surface area contributed by atoms with E-state index < -0.39 is 10.0 Å². The molecular formula is C16H19NO3S. The lowest BCUT2D eigenvalue weighted by Crippen LogP contribution is -2.28. The Hall–Kier alpha value is -1.85. The smallest absolute Gasteiger partial charge is 0.240 e. The van der Waals surface area contributed by atoms with E-state index in [4.69, 9.17) is 4.74 Å². The molecule has 0 radical (unpaired) electrons. The highest BCUT2D eigenvalue weighted by molar-refractivity contribution is 7.89. The summed E-state index contributed by atoms with van der Waals surface area (Å²) < 4.78 is 32.0. The highest BCUT2D eigenvalue weighted by Crippen LogP contribution is 2.13. The Morgan fingerprint density at radius 3 is 2.52 bits per heavy atom. The van der Waals surface area contributed by atoms with Gasteiger partial charge in [0.05, 0.1) is 4.90 Å². The van der Waals surface area contributed by atoms with Gasteiger partial charge in [-0.25, -0.2) is 13.1 Å². The Labute approximate surface area is 125 Å². The molecule has 5 heteroatoms. The molecule has 0 aliphatic heterocycles. The minimum atomic E-state index is -3.46. The zero-order valence-electron chi connectivity index (χ0n) is 12.0. The number of sulfonamides is 1. The fourth-order valence-corrected chi connectivity index (χ4v) is 2.92. The SMILES string of the molecule is CCc1cccc(OCCNS(=O)(=O)c2ccccc2)c1. The Morgan fingerprint density at radius 2 is 1.81 bits per heavy atom. The van der Waals surface area contributed by atoms with Crippen LogP contribution in [-0.2, 0) is 16.4 Å². The minimum absolute atomic E-state index is 0.230. The molecule has 0 fully saturated rings. The van der Waals surface area contributed by atoms with Crippen molar-refractivity contribution in [2.45, 2.75) is 18.2 Å². The minimum Gasteiger partial charge on any atom is -0.492 e. The van der Waals surface area contributed by atoms with E-state index in [0.717, 1.165) is 12.2 Å². The van der Waals surface area contributed by atoms with Crippen LogP contribution in [-0.4, -0.2) is 21.6 Å². The van der Waals surface area contributed by atoms with Crippen LogP contribution in [0.4, 0.5) is 0 Å². The second kappa shape index (κ2) is 7.24. The maximum atomic E-state index is 12.0. The number of benzene rings is 2. The van der Waals surface area contributed by atoms with E-state index in [1.165, 1.54) is 5.56 Å². The zero-order valence-corrected chi connectivity index (χ0v) is 12.8. The van der Waals surface area contributed by atoms with E-state index in [2.05, 4.69) is 11.6 Å². The average molecular weight is 305 g/mol. The first kappa shape index (κ1) is 15.5. The van der Waals surface area contributed by atoms with Gasteiger partial charge in [-0.05, 0) is 36.2 Å². The molecule has 0 amide bonds. The van der Waals surface area contributed by atoms with Gasteiger partial charge in [0.15, 0.2) is 0 Å². The van der Waals surface area contributed by atoms with Crippen LogP contribution in [0, 0.1) is 0 Å². The van der Waals surface area contributed by atoms with Gasteiger partial charge in [-0.2, -0.15) is 0 Å². The standard InChI is InChI=1S/C16H19NO3S/c1-2-14-7-6-8-15(13-14)20-12-11-17-21(18,19)16-9-4-3-5-10-16/h3-10,13,17H,2,11-12H2,1H3. The highest BCUT2D eigenvalue weighted by atomic mass is 32.2. The highest BCUT2D eigenvalue weighted by Gasteiger charge is 2.12. The van der Waals surface area contributed by atoms with Crippen LogP contribution in [0.15, 0.2) is 59.5 Å². The summed E-state index contributed by atoms with van der Waals surface area (Å²) in [7, 11) is -3.46. The van der Waals surface area contributed by atoms with Gasteiger partial charge in [-0.3, -0.25) is 0 Å². The van der Waals surface area contributed by atoms with Gasteiger partial charge in [0.1, 0.15) is 12.4 Å². The van der Waals surface area contributed by atoms with Gasteiger partial charge in [0.2, 0.25) is 10.0 Å². The summed E-state index contributed by atoms with van der Waals surface area (Å²) in [6.07, 6.45) is 0.942. The second-order valence-electron chi connectivity index (χ2n) is 4.56. The molecule has 0 atom stereocenters. The van der Waals surface area contributed by atoms with E-state index in [1.54, 1.807) is 30.3 Å². The van der Waals surface area contributed by atoms with Crippen molar-refractivity contribution >= 4 is 10.0 Å². The lowest BCUT2D eigenvalue weighted by Gasteiger charge is -2.09. The summed E-state index contributed by atoms with van der Waals surface area (Å²) in [5, 5.41) is 0. The molecular weight excluding hydrogens is 286 g/mol. The summed E-state index contributed by atoms with van der Waals surface area (Å²) in [4.78, 5) is 0.262. The van der Waals surface area contributed by atoms with Crippen molar-refractivity contribution in [1.82, 2.24) is 4.72 Å². The lowest BCUT2D eigenvalue weighted by atomic mass is 10.2. The topological polar surface area (TPSA) is 55.4 Å². The molecule has 0 saturated carbocycles. The summed E-state index contributed by atoms with van der Waals surface area (Å²) in [6.45, 7) is 2.60. The number of hydrogen-bond acceptors (Lipinski definition) is 3. The summed E-state index contributed by atoms with van der Waals surface area (Å²) in [5.74, 6) is 0.758. The maximum absolute atomic E-state index is 12.0. The molecule has 0 saturated heterocycles. The predicted molar refractivity (Wildman–Crippen MR) is 82.9 cm³/mol. The number of hydrogen-bond donors (Lipinski definition) is 1. The van der Waals surface area contributed by atoms with Crippen LogP contribution in [0.1, 0.15) is 12.5 Å². The molecule has 0 aliphatic carbocycles. The van der Waals surface area contributed by atoms with Crippen LogP contribution in [0.25, 0.3) is 0 Å².